The molecule has 0 fully saturated rings. The molecule has 106 valence electrons. The zero-order chi connectivity index (χ0) is 14.8. The van der Waals surface area contributed by atoms with Gasteiger partial charge in [0, 0.05) is 23.6 Å². The van der Waals surface area contributed by atoms with E-state index in [1.54, 1.807) is 6.07 Å². The van der Waals surface area contributed by atoms with Crippen LogP contribution in [0.2, 0.25) is 5.02 Å². The fourth-order valence-corrected chi connectivity index (χ4v) is 2.15. The summed E-state index contributed by atoms with van der Waals surface area (Å²) < 4.78 is 19.1. The molecule has 3 aromatic rings. The molecule has 1 heterocycles. The van der Waals surface area contributed by atoms with Gasteiger partial charge in [0.2, 0.25) is 5.88 Å². The molecule has 0 spiro atoms. The van der Waals surface area contributed by atoms with Crippen molar-refractivity contribution in [1.82, 2.24) is 4.98 Å². The Morgan fingerprint density at radius 1 is 1.14 bits per heavy atom. The Balaban J connectivity index is 2.04. The van der Waals surface area contributed by atoms with Gasteiger partial charge in [0.15, 0.2) is 0 Å². The third kappa shape index (κ3) is 2.82. The van der Waals surface area contributed by atoms with Gasteiger partial charge in [-0.15, -0.1) is 0 Å². The summed E-state index contributed by atoms with van der Waals surface area (Å²) in [6.07, 6.45) is 0. The average Bonchev–Trinajstić information content (AvgIpc) is 2.50. The third-order valence-corrected chi connectivity index (χ3v) is 3.40. The van der Waals surface area contributed by atoms with Crippen molar-refractivity contribution in [2.24, 2.45) is 5.73 Å². The van der Waals surface area contributed by atoms with Crippen LogP contribution >= 0.6 is 11.6 Å². The van der Waals surface area contributed by atoms with Crippen LogP contribution in [0.25, 0.3) is 10.9 Å². The zero-order valence-electron chi connectivity index (χ0n) is 11.0. The van der Waals surface area contributed by atoms with Gasteiger partial charge in [0.25, 0.3) is 0 Å². The number of rotatable bonds is 3. The van der Waals surface area contributed by atoms with Crippen LogP contribution in [0.5, 0.6) is 11.6 Å². The third-order valence-electron chi connectivity index (χ3n) is 3.09. The molecule has 3 rings (SSSR count). The second-order valence-electron chi connectivity index (χ2n) is 4.53. The second-order valence-corrected chi connectivity index (χ2v) is 4.93. The summed E-state index contributed by atoms with van der Waals surface area (Å²) >= 11 is 5.65. The lowest BCUT2D eigenvalue weighted by Gasteiger charge is -2.10. The molecule has 0 saturated carbocycles. The van der Waals surface area contributed by atoms with Gasteiger partial charge in [-0.1, -0.05) is 29.8 Å². The number of benzene rings is 2. The first kappa shape index (κ1) is 13.8. The maximum Gasteiger partial charge on any atom is 0.224 e. The summed E-state index contributed by atoms with van der Waals surface area (Å²) in [5, 5.41) is 1.03. The second kappa shape index (κ2) is 5.68. The molecule has 0 aliphatic carbocycles. The summed E-state index contributed by atoms with van der Waals surface area (Å²) in [6.45, 7) is 0.281. The standard InChI is InChI=1S/C16H12ClFN2O/c17-13-6-5-12(8-14(13)18)21-16-11(9-19)7-10-3-1-2-4-15(10)20-16/h1-8H,9,19H2. The molecular weight excluding hydrogens is 291 g/mol. The summed E-state index contributed by atoms with van der Waals surface area (Å²) in [4.78, 5) is 4.44. The number of hydrogen-bond acceptors (Lipinski definition) is 3. The fourth-order valence-electron chi connectivity index (χ4n) is 2.03. The maximum atomic E-state index is 13.5. The monoisotopic (exact) mass is 302 g/mol. The Labute approximate surface area is 126 Å². The van der Waals surface area contributed by atoms with Crippen LogP contribution in [0, 0.1) is 5.82 Å². The molecule has 2 aromatic carbocycles. The number of para-hydroxylation sites is 1. The normalized spacial score (nSPS) is 10.8. The Kier molecular flexibility index (Phi) is 3.73. The predicted octanol–water partition coefficient (Wildman–Crippen LogP) is 4.28. The Morgan fingerprint density at radius 3 is 2.71 bits per heavy atom. The summed E-state index contributed by atoms with van der Waals surface area (Å²) in [5.41, 5.74) is 7.28. The summed E-state index contributed by atoms with van der Waals surface area (Å²) in [5.74, 6) is 0.163. The molecular formula is C16H12ClFN2O. The number of halogens is 2. The number of pyridine rings is 1. The lowest BCUT2D eigenvalue weighted by atomic mass is 10.1. The molecule has 0 aliphatic heterocycles. The molecule has 0 radical (unpaired) electrons. The van der Waals surface area contributed by atoms with Gasteiger partial charge in [0.05, 0.1) is 10.5 Å². The summed E-state index contributed by atoms with van der Waals surface area (Å²) in [6, 6.07) is 13.8. The van der Waals surface area contributed by atoms with Gasteiger partial charge in [0.1, 0.15) is 11.6 Å². The number of ether oxygens (including phenoxy) is 1. The fraction of sp³-hybridized carbons (Fsp3) is 0.0625. The van der Waals surface area contributed by atoms with E-state index in [0.717, 1.165) is 16.5 Å². The van der Waals surface area contributed by atoms with E-state index in [-0.39, 0.29) is 11.6 Å². The molecule has 0 aliphatic rings. The highest BCUT2D eigenvalue weighted by Crippen LogP contribution is 2.28. The van der Waals surface area contributed by atoms with Crippen LogP contribution < -0.4 is 10.5 Å². The van der Waals surface area contributed by atoms with Crippen molar-refractivity contribution >= 4 is 22.5 Å². The SMILES string of the molecule is NCc1cc2ccccc2nc1Oc1ccc(Cl)c(F)c1. The molecule has 0 amide bonds. The van der Waals surface area contributed by atoms with E-state index in [9.17, 15) is 4.39 Å². The maximum absolute atomic E-state index is 13.5. The Morgan fingerprint density at radius 2 is 1.95 bits per heavy atom. The minimum absolute atomic E-state index is 0.0490. The number of fused-ring (bicyclic) bond motifs is 1. The number of aromatic nitrogens is 1. The van der Waals surface area contributed by atoms with Crippen LogP contribution in [0.4, 0.5) is 4.39 Å². The minimum Gasteiger partial charge on any atom is -0.439 e. The molecule has 2 N–H and O–H groups in total. The van der Waals surface area contributed by atoms with Gasteiger partial charge >= 0.3 is 0 Å². The quantitative estimate of drug-likeness (QED) is 0.785. The molecule has 21 heavy (non-hydrogen) atoms. The van der Waals surface area contributed by atoms with E-state index in [1.807, 2.05) is 30.3 Å². The largest absolute Gasteiger partial charge is 0.439 e. The van der Waals surface area contributed by atoms with Gasteiger partial charge in [-0.05, 0) is 24.3 Å². The van der Waals surface area contributed by atoms with Crippen molar-refractivity contribution in [3.8, 4) is 11.6 Å². The molecule has 0 saturated heterocycles. The topological polar surface area (TPSA) is 48.1 Å². The molecule has 3 nitrogen and oxygen atoms in total. The zero-order valence-corrected chi connectivity index (χ0v) is 11.8. The van der Waals surface area contributed by atoms with Gasteiger partial charge in [-0.2, -0.15) is 0 Å². The number of hydrogen-bond donors (Lipinski definition) is 1. The van der Waals surface area contributed by atoms with E-state index in [4.69, 9.17) is 22.1 Å². The van der Waals surface area contributed by atoms with E-state index in [0.29, 0.717) is 11.6 Å². The van der Waals surface area contributed by atoms with Crippen molar-refractivity contribution < 1.29 is 9.13 Å². The molecule has 0 bridgehead atoms. The Hall–Kier alpha value is -2.17. The average molecular weight is 303 g/mol. The first-order chi connectivity index (χ1) is 10.2. The first-order valence-corrected chi connectivity index (χ1v) is 6.77. The van der Waals surface area contributed by atoms with Crippen molar-refractivity contribution in [3.05, 3.63) is 64.9 Å². The van der Waals surface area contributed by atoms with Gasteiger partial charge in [-0.3, -0.25) is 0 Å². The van der Waals surface area contributed by atoms with Crippen LogP contribution in [-0.2, 0) is 6.54 Å². The van der Waals surface area contributed by atoms with Crippen LogP contribution in [0.1, 0.15) is 5.56 Å². The molecule has 0 atom stereocenters. The predicted molar refractivity (Wildman–Crippen MR) is 81.1 cm³/mol. The van der Waals surface area contributed by atoms with Crippen LogP contribution in [-0.4, -0.2) is 4.98 Å². The number of nitrogens with zero attached hydrogens (tertiary/aromatic N) is 1. The van der Waals surface area contributed by atoms with E-state index < -0.39 is 5.82 Å². The van der Waals surface area contributed by atoms with E-state index in [2.05, 4.69) is 4.98 Å². The van der Waals surface area contributed by atoms with Crippen molar-refractivity contribution in [1.29, 1.82) is 0 Å². The van der Waals surface area contributed by atoms with Crippen molar-refractivity contribution in [2.75, 3.05) is 0 Å². The summed E-state index contributed by atoms with van der Waals surface area (Å²) in [7, 11) is 0. The van der Waals surface area contributed by atoms with Gasteiger partial charge < -0.3 is 10.5 Å². The molecule has 1 aromatic heterocycles. The lowest BCUT2D eigenvalue weighted by Crippen LogP contribution is -2.02. The highest BCUT2D eigenvalue weighted by Gasteiger charge is 2.09. The highest BCUT2D eigenvalue weighted by atomic mass is 35.5. The smallest absolute Gasteiger partial charge is 0.224 e. The van der Waals surface area contributed by atoms with Crippen LogP contribution in [0.15, 0.2) is 48.5 Å². The number of nitrogens with two attached hydrogens (primary N) is 1. The van der Waals surface area contributed by atoms with Crippen molar-refractivity contribution in [2.45, 2.75) is 6.54 Å². The van der Waals surface area contributed by atoms with E-state index in [1.165, 1.54) is 12.1 Å². The Bertz CT molecular complexity index is 807. The van der Waals surface area contributed by atoms with E-state index >= 15 is 0 Å². The lowest BCUT2D eigenvalue weighted by molar-refractivity contribution is 0.454. The van der Waals surface area contributed by atoms with Crippen molar-refractivity contribution in [3.63, 3.8) is 0 Å². The van der Waals surface area contributed by atoms with Gasteiger partial charge in [-0.25, -0.2) is 9.37 Å². The first-order valence-electron chi connectivity index (χ1n) is 6.39. The van der Waals surface area contributed by atoms with Crippen LogP contribution in [0.3, 0.4) is 0 Å². The molecule has 5 heteroatoms. The highest BCUT2D eigenvalue weighted by molar-refractivity contribution is 6.30. The minimum atomic E-state index is -0.538. The molecule has 0 unspecified atom stereocenters.